The quantitative estimate of drug-likeness (QED) is 0.650. The second-order valence-corrected chi connectivity index (χ2v) is 6.38. The fourth-order valence-corrected chi connectivity index (χ4v) is 3.20. The molecule has 102 valence electrons. The number of hydrogen-bond acceptors (Lipinski definition) is 4. The number of thiophene rings is 1. The van der Waals surface area contributed by atoms with Crippen molar-refractivity contribution in [2.24, 2.45) is 0 Å². The molecule has 2 heterocycles. The molecule has 1 aromatic carbocycles. The van der Waals surface area contributed by atoms with Gasteiger partial charge in [-0.3, -0.25) is 0 Å². The minimum atomic E-state index is -0.355. The number of aromatic nitrogens is 2. The van der Waals surface area contributed by atoms with Crippen molar-refractivity contribution in [3.63, 3.8) is 0 Å². The summed E-state index contributed by atoms with van der Waals surface area (Å²) in [6, 6.07) is 4.30. The maximum Gasteiger partial charge on any atom is 0.231 e. The first-order valence-corrected chi connectivity index (χ1v) is 7.51. The van der Waals surface area contributed by atoms with Crippen LogP contribution in [0.25, 0.3) is 10.2 Å². The zero-order valence-electron chi connectivity index (χ0n) is 10.8. The Kier molecular flexibility index (Phi) is 3.43. The lowest BCUT2D eigenvalue weighted by molar-refractivity contribution is 0.460. The van der Waals surface area contributed by atoms with Gasteiger partial charge in [0.1, 0.15) is 22.7 Å². The van der Waals surface area contributed by atoms with Crippen molar-refractivity contribution >= 4 is 37.5 Å². The lowest BCUT2D eigenvalue weighted by Gasteiger charge is -2.08. The molecule has 0 saturated carbocycles. The van der Waals surface area contributed by atoms with Gasteiger partial charge < -0.3 is 4.74 Å². The van der Waals surface area contributed by atoms with Crippen molar-refractivity contribution in [1.82, 2.24) is 9.97 Å². The summed E-state index contributed by atoms with van der Waals surface area (Å²) in [7, 11) is 0. The number of halogens is 2. The first-order valence-electron chi connectivity index (χ1n) is 5.90. The lowest BCUT2D eigenvalue weighted by Crippen LogP contribution is -1.92. The standard InChI is InChI=1S/C14H10BrFN2OS/c1-7-8(2)20-14-12(7)13(17-6-18-14)19-11-5-9(16)3-4-10(11)15/h3-6H,1-2H3. The Hall–Kier alpha value is -1.53. The molecule has 0 fully saturated rings. The molecule has 0 aliphatic rings. The zero-order chi connectivity index (χ0) is 14.3. The molecule has 0 atom stereocenters. The molecule has 0 N–H and O–H groups in total. The first kappa shape index (κ1) is 13.5. The molecule has 3 nitrogen and oxygen atoms in total. The average molecular weight is 353 g/mol. The van der Waals surface area contributed by atoms with Crippen LogP contribution in [0.5, 0.6) is 11.6 Å². The van der Waals surface area contributed by atoms with Crippen molar-refractivity contribution in [2.45, 2.75) is 13.8 Å². The molecule has 0 bridgehead atoms. The molecule has 0 aliphatic heterocycles. The molecule has 3 rings (SSSR count). The van der Waals surface area contributed by atoms with E-state index in [2.05, 4.69) is 25.9 Å². The van der Waals surface area contributed by atoms with Gasteiger partial charge in [0.05, 0.1) is 9.86 Å². The summed E-state index contributed by atoms with van der Waals surface area (Å²) in [5.41, 5.74) is 1.09. The van der Waals surface area contributed by atoms with Gasteiger partial charge in [0.2, 0.25) is 5.88 Å². The smallest absolute Gasteiger partial charge is 0.231 e. The molecule has 3 aromatic rings. The van der Waals surface area contributed by atoms with E-state index >= 15 is 0 Å². The fraction of sp³-hybridized carbons (Fsp3) is 0.143. The van der Waals surface area contributed by atoms with Crippen LogP contribution >= 0.6 is 27.3 Å². The Morgan fingerprint density at radius 1 is 1.25 bits per heavy atom. The second-order valence-electron chi connectivity index (χ2n) is 4.32. The van der Waals surface area contributed by atoms with E-state index in [4.69, 9.17) is 4.74 Å². The zero-order valence-corrected chi connectivity index (χ0v) is 13.2. The number of ether oxygens (including phenoxy) is 1. The normalized spacial score (nSPS) is 11.0. The van der Waals surface area contributed by atoms with E-state index in [0.29, 0.717) is 16.1 Å². The van der Waals surface area contributed by atoms with Gasteiger partial charge in [-0.05, 0) is 47.5 Å². The maximum atomic E-state index is 13.3. The molecule has 2 aromatic heterocycles. The number of hydrogen-bond donors (Lipinski definition) is 0. The summed E-state index contributed by atoms with van der Waals surface area (Å²) in [5.74, 6) is 0.489. The molecule has 0 amide bonds. The van der Waals surface area contributed by atoms with E-state index in [1.807, 2.05) is 13.8 Å². The Balaban J connectivity index is 2.13. The van der Waals surface area contributed by atoms with Crippen molar-refractivity contribution in [2.75, 3.05) is 0 Å². The number of aryl methyl sites for hydroxylation is 2. The number of nitrogens with zero attached hydrogens (tertiary/aromatic N) is 2. The number of rotatable bonds is 2. The van der Waals surface area contributed by atoms with E-state index in [9.17, 15) is 4.39 Å². The average Bonchev–Trinajstić information content (AvgIpc) is 2.71. The molecule has 0 saturated heterocycles. The van der Waals surface area contributed by atoms with Crippen LogP contribution in [0.3, 0.4) is 0 Å². The van der Waals surface area contributed by atoms with E-state index in [0.717, 1.165) is 15.8 Å². The minimum absolute atomic E-state index is 0.355. The van der Waals surface area contributed by atoms with Crippen molar-refractivity contribution < 1.29 is 9.13 Å². The van der Waals surface area contributed by atoms with E-state index in [-0.39, 0.29) is 5.82 Å². The molecule has 0 spiro atoms. The van der Waals surface area contributed by atoms with Gasteiger partial charge >= 0.3 is 0 Å². The molecule has 0 aliphatic carbocycles. The molecular formula is C14H10BrFN2OS. The summed E-state index contributed by atoms with van der Waals surface area (Å²) in [6.45, 7) is 4.04. The van der Waals surface area contributed by atoms with E-state index in [1.54, 1.807) is 17.4 Å². The van der Waals surface area contributed by atoms with Crippen LogP contribution in [-0.4, -0.2) is 9.97 Å². The monoisotopic (exact) mass is 352 g/mol. The lowest BCUT2D eigenvalue weighted by atomic mass is 10.2. The van der Waals surface area contributed by atoms with Crippen LogP contribution in [0.15, 0.2) is 29.0 Å². The summed E-state index contributed by atoms with van der Waals surface area (Å²) < 4.78 is 19.8. The molecular weight excluding hydrogens is 343 g/mol. The van der Waals surface area contributed by atoms with Gasteiger partial charge in [-0.2, -0.15) is 0 Å². The van der Waals surface area contributed by atoms with Crippen LogP contribution in [0, 0.1) is 19.7 Å². The SMILES string of the molecule is Cc1sc2ncnc(Oc3cc(F)ccc3Br)c2c1C. The fourth-order valence-electron chi connectivity index (χ4n) is 1.89. The third-order valence-electron chi connectivity index (χ3n) is 3.03. The predicted molar refractivity (Wildman–Crippen MR) is 81.1 cm³/mol. The van der Waals surface area contributed by atoms with Gasteiger partial charge in [0, 0.05) is 10.9 Å². The Bertz CT molecular complexity index is 803. The van der Waals surface area contributed by atoms with Crippen molar-refractivity contribution in [3.8, 4) is 11.6 Å². The largest absolute Gasteiger partial charge is 0.437 e. The van der Waals surface area contributed by atoms with E-state index < -0.39 is 0 Å². The summed E-state index contributed by atoms with van der Waals surface area (Å²) >= 11 is 4.94. The highest BCUT2D eigenvalue weighted by atomic mass is 79.9. The van der Waals surface area contributed by atoms with E-state index in [1.165, 1.54) is 23.3 Å². The molecule has 0 unspecified atom stereocenters. The molecule has 6 heteroatoms. The Morgan fingerprint density at radius 2 is 2.05 bits per heavy atom. The minimum Gasteiger partial charge on any atom is -0.437 e. The highest BCUT2D eigenvalue weighted by molar-refractivity contribution is 9.10. The van der Waals surface area contributed by atoms with Gasteiger partial charge in [-0.25, -0.2) is 14.4 Å². The molecule has 0 radical (unpaired) electrons. The van der Waals surface area contributed by atoms with Gasteiger partial charge in [-0.1, -0.05) is 0 Å². The van der Waals surface area contributed by atoms with Crippen LogP contribution < -0.4 is 4.74 Å². The van der Waals surface area contributed by atoms with Gasteiger partial charge in [0.15, 0.2) is 0 Å². The third kappa shape index (κ3) is 2.29. The predicted octanol–water partition coefficient (Wildman–Crippen LogP) is 5.00. The summed E-state index contributed by atoms with van der Waals surface area (Å²) in [6.07, 6.45) is 1.46. The highest BCUT2D eigenvalue weighted by Crippen LogP contribution is 2.37. The van der Waals surface area contributed by atoms with Gasteiger partial charge in [0.25, 0.3) is 0 Å². The van der Waals surface area contributed by atoms with Crippen molar-refractivity contribution in [1.29, 1.82) is 0 Å². The Labute approximate surface area is 127 Å². The van der Waals surface area contributed by atoms with Crippen LogP contribution in [0.1, 0.15) is 10.4 Å². The molecule has 20 heavy (non-hydrogen) atoms. The third-order valence-corrected chi connectivity index (χ3v) is 4.80. The van der Waals surface area contributed by atoms with Crippen LogP contribution in [-0.2, 0) is 0 Å². The van der Waals surface area contributed by atoms with Gasteiger partial charge in [-0.15, -0.1) is 11.3 Å². The number of fused-ring (bicyclic) bond motifs is 1. The van der Waals surface area contributed by atoms with Crippen LogP contribution in [0.2, 0.25) is 0 Å². The van der Waals surface area contributed by atoms with Crippen molar-refractivity contribution in [3.05, 3.63) is 45.3 Å². The highest BCUT2D eigenvalue weighted by Gasteiger charge is 2.14. The van der Waals surface area contributed by atoms with Crippen LogP contribution in [0.4, 0.5) is 4.39 Å². The maximum absolute atomic E-state index is 13.3. The Morgan fingerprint density at radius 3 is 2.85 bits per heavy atom. The second kappa shape index (κ2) is 5.10. The number of benzene rings is 1. The summed E-state index contributed by atoms with van der Waals surface area (Å²) in [5, 5.41) is 0.881. The first-order chi connectivity index (χ1) is 9.56. The summed E-state index contributed by atoms with van der Waals surface area (Å²) in [4.78, 5) is 10.5. The topological polar surface area (TPSA) is 35.0 Å².